The third-order valence-corrected chi connectivity index (χ3v) is 2.07. The van der Waals surface area contributed by atoms with E-state index in [9.17, 15) is 0 Å². The molecule has 2 nitrogen and oxygen atoms in total. The van der Waals surface area contributed by atoms with Crippen molar-refractivity contribution in [3.8, 4) is 0 Å². The molecule has 0 aliphatic rings. The Morgan fingerprint density at radius 3 is 2.92 bits per heavy atom. The van der Waals surface area contributed by atoms with E-state index in [1.54, 1.807) is 0 Å². The van der Waals surface area contributed by atoms with Gasteiger partial charge in [-0.1, -0.05) is 11.6 Å². The number of rotatable bonds is 3. The number of halogens is 1. The van der Waals surface area contributed by atoms with Gasteiger partial charge in [-0.3, -0.25) is 4.98 Å². The maximum Gasteiger partial charge on any atom is 0.0471 e. The molecule has 0 unspecified atom stereocenters. The van der Waals surface area contributed by atoms with Gasteiger partial charge in [0.25, 0.3) is 0 Å². The van der Waals surface area contributed by atoms with Crippen molar-refractivity contribution >= 4 is 11.6 Å². The van der Waals surface area contributed by atoms with Crippen LogP contribution in [0.15, 0.2) is 12.3 Å². The van der Waals surface area contributed by atoms with Gasteiger partial charge in [0.2, 0.25) is 0 Å². The first kappa shape index (κ1) is 9.49. The lowest BCUT2D eigenvalue weighted by atomic mass is 10.1. The summed E-state index contributed by atoms with van der Waals surface area (Å²) in [4.78, 5) is 4.17. The second kappa shape index (κ2) is 4.43. The summed E-state index contributed by atoms with van der Waals surface area (Å²) < 4.78 is 0. The average Bonchev–Trinajstić information content (AvgIpc) is 2.03. The highest BCUT2D eigenvalue weighted by Crippen LogP contribution is 2.16. The summed E-state index contributed by atoms with van der Waals surface area (Å²) in [7, 11) is 0. The Labute approximate surface area is 77.8 Å². The van der Waals surface area contributed by atoms with E-state index in [1.165, 1.54) is 0 Å². The van der Waals surface area contributed by atoms with Crippen molar-refractivity contribution in [1.29, 1.82) is 0 Å². The van der Waals surface area contributed by atoms with Crippen molar-refractivity contribution in [2.75, 3.05) is 6.54 Å². The van der Waals surface area contributed by atoms with E-state index in [2.05, 4.69) is 4.98 Å². The van der Waals surface area contributed by atoms with E-state index in [-0.39, 0.29) is 0 Å². The van der Waals surface area contributed by atoms with E-state index in [1.807, 2.05) is 19.2 Å². The van der Waals surface area contributed by atoms with Crippen LogP contribution in [0.4, 0.5) is 0 Å². The Bertz CT molecular complexity index is 261. The SMILES string of the molecule is Cc1cc(Cl)c(CCCN)cn1. The van der Waals surface area contributed by atoms with Gasteiger partial charge in [0.05, 0.1) is 0 Å². The van der Waals surface area contributed by atoms with Gasteiger partial charge in [-0.05, 0) is 37.9 Å². The number of hydrogen-bond donors (Lipinski definition) is 1. The standard InChI is InChI=1S/C9H13ClN2/c1-7-5-9(10)8(6-12-7)3-2-4-11/h5-6H,2-4,11H2,1H3. The Morgan fingerprint density at radius 1 is 1.58 bits per heavy atom. The summed E-state index contributed by atoms with van der Waals surface area (Å²) >= 11 is 5.98. The van der Waals surface area contributed by atoms with Crippen LogP contribution < -0.4 is 5.73 Å². The van der Waals surface area contributed by atoms with Crippen molar-refractivity contribution in [3.63, 3.8) is 0 Å². The van der Waals surface area contributed by atoms with Gasteiger partial charge in [-0.25, -0.2) is 0 Å². The largest absolute Gasteiger partial charge is 0.330 e. The fourth-order valence-electron chi connectivity index (χ4n) is 1.03. The molecule has 0 aliphatic heterocycles. The monoisotopic (exact) mass is 184 g/mol. The van der Waals surface area contributed by atoms with Crippen LogP contribution in [0.25, 0.3) is 0 Å². The molecule has 0 radical (unpaired) electrons. The lowest BCUT2D eigenvalue weighted by molar-refractivity contribution is 0.828. The highest BCUT2D eigenvalue weighted by molar-refractivity contribution is 6.31. The van der Waals surface area contributed by atoms with Crippen LogP contribution in [0.1, 0.15) is 17.7 Å². The summed E-state index contributed by atoms with van der Waals surface area (Å²) in [6.07, 6.45) is 3.71. The molecule has 2 N–H and O–H groups in total. The van der Waals surface area contributed by atoms with Crippen LogP contribution in [-0.4, -0.2) is 11.5 Å². The van der Waals surface area contributed by atoms with Crippen LogP contribution in [-0.2, 0) is 6.42 Å². The molecule has 0 aromatic carbocycles. The molecule has 1 aromatic heterocycles. The molecule has 0 amide bonds. The van der Waals surface area contributed by atoms with Crippen molar-refractivity contribution in [2.45, 2.75) is 19.8 Å². The molecule has 1 rings (SSSR count). The molecule has 66 valence electrons. The van der Waals surface area contributed by atoms with Crippen LogP contribution in [0.5, 0.6) is 0 Å². The lowest BCUT2D eigenvalue weighted by Gasteiger charge is -2.02. The summed E-state index contributed by atoms with van der Waals surface area (Å²) in [6.45, 7) is 2.63. The predicted molar refractivity (Wildman–Crippen MR) is 51.4 cm³/mol. The predicted octanol–water partition coefficient (Wildman–Crippen LogP) is 1.93. The summed E-state index contributed by atoms with van der Waals surface area (Å²) in [6, 6.07) is 1.88. The van der Waals surface area contributed by atoms with E-state index in [0.29, 0.717) is 6.54 Å². The number of pyridine rings is 1. The Hall–Kier alpha value is -0.600. The summed E-state index contributed by atoms with van der Waals surface area (Å²) in [5.41, 5.74) is 7.44. The highest BCUT2D eigenvalue weighted by Gasteiger charge is 1.99. The van der Waals surface area contributed by atoms with Crippen LogP contribution in [0.3, 0.4) is 0 Å². The summed E-state index contributed by atoms with van der Waals surface area (Å²) in [5.74, 6) is 0. The molecular formula is C9H13ClN2. The molecule has 1 heterocycles. The molecule has 1 aromatic rings. The third kappa shape index (κ3) is 2.47. The molecule has 0 atom stereocenters. The minimum atomic E-state index is 0.699. The van der Waals surface area contributed by atoms with Crippen molar-refractivity contribution in [1.82, 2.24) is 4.98 Å². The number of aromatic nitrogens is 1. The van der Waals surface area contributed by atoms with Crippen LogP contribution >= 0.6 is 11.6 Å². The number of nitrogens with zero attached hydrogens (tertiary/aromatic N) is 1. The number of nitrogens with two attached hydrogens (primary N) is 1. The van der Waals surface area contributed by atoms with E-state index >= 15 is 0 Å². The average molecular weight is 185 g/mol. The van der Waals surface area contributed by atoms with Gasteiger partial charge in [0.1, 0.15) is 0 Å². The number of hydrogen-bond acceptors (Lipinski definition) is 2. The molecule has 0 aliphatic carbocycles. The topological polar surface area (TPSA) is 38.9 Å². The maximum atomic E-state index is 5.98. The maximum absolute atomic E-state index is 5.98. The zero-order valence-electron chi connectivity index (χ0n) is 7.18. The molecule has 0 fully saturated rings. The molecular weight excluding hydrogens is 172 g/mol. The molecule has 0 bridgehead atoms. The normalized spacial score (nSPS) is 10.2. The second-order valence-electron chi connectivity index (χ2n) is 2.81. The van der Waals surface area contributed by atoms with Crippen molar-refractivity contribution in [2.24, 2.45) is 5.73 Å². The third-order valence-electron chi connectivity index (χ3n) is 1.72. The fourth-order valence-corrected chi connectivity index (χ4v) is 1.33. The zero-order valence-corrected chi connectivity index (χ0v) is 7.93. The van der Waals surface area contributed by atoms with Gasteiger partial charge in [0, 0.05) is 16.9 Å². The fraction of sp³-hybridized carbons (Fsp3) is 0.444. The molecule has 12 heavy (non-hydrogen) atoms. The highest BCUT2D eigenvalue weighted by atomic mass is 35.5. The van der Waals surface area contributed by atoms with Gasteiger partial charge >= 0.3 is 0 Å². The van der Waals surface area contributed by atoms with Crippen molar-refractivity contribution < 1.29 is 0 Å². The first-order valence-corrected chi connectivity index (χ1v) is 4.43. The zero-order chi connectivity index (χ0) is 8.97. The van der Waals surface area contributed by atoms with Crippen LogP contribution in [0, 0.1) is 6.92 Å². The lowest BCUT2D eigenvalue weighted by Crippen LogP contribution is -2.01. The van der Waals surface area contributed by atoms with Crippen LogP contribution in [0.2, 0.25) is 5.02 Å². The molecule has 3 heteroatoms. The first-order valence-electron chi connectivity index (χ1n) is 4.05. The van der Waals surface area contributed by atoms with Crippen molar-refractivity contribution in [3.05, 3.63) is 28.5 Å². The molecule has 0 saturated heterocycles. The Morgan fingerprint density at radius 2 is 2.33 bits per heavy atom. The van der Waals surface area contributed by atoms with E-state index < -0.39 is 0 Å². The first-order chi connectivity index (χ1) is 5.74. The molecule has 0 saturated carbocycles. The quantitative estimate of drug-likeness (QED) is 0.780. The summed E-state index contributed by atoms with van der Waals surface area (Å²) in [5, 5.41) is 0.802. The Kier molecular flexibility index (Phi) is 3.50. The minimum Gasteiger partial charge on any atom is -0.330 e. The van der Waals surface area contributed by atoms with Gasteiger partial charge < -0.3 is 5.73 Å². The van der Waals surface area contributed by atoms with E-state index in [0.717, 1.165) is 29.1 Å². The van der Waals surface area contributed by atoms with Gasteiger partial charge in [-0.2, -0.15) is 0 Å². The van der Waals surface area contributed by atoms with Gasteiger partial charge in [-0.15, -0.1) is 0 Å². The number of aryl methyl sites for hydroxylation is 2. The van der Waals surface area contributed by atoms with Gasteiger partial charge in [0.15, 0.2) is 0 Å². The second-order valence-corrected chi connectivity index (χ2v) is 3.22. The van der Waals surface area contributed by atoms with E-state index in [4.69, 9.17) is 17.3 Å². The minimum absolute atomic E-state index is 0.699. The smallest absolute Gasteiger partial charge is 0.0471 e. The Balaban J connectivity index is 2.72. The molecule has 0 spiro atoms.